The van der Waals surface area contributed by atoms with Gasteiger partial charge in [0.1, 0.15) is 5.82 Å². The summed E-state index contributed by atoms with van der Waals surface area (Å²) in [7, 11) is 0. The summed E-state index contributed by atoms with van der Waals surface area (Å²) >= 11 is 0. The van der Waals surface area contributed by atoms with E-state index in [1.54, 1.807) is 0 Å². The highest BCUT2D eigenvalue weighted by molar-refractivity contribution is 4.88. The van der Waals surface area contributed by atoms with Gasteiger partial charge in [0, 0.05) is 51.2 Å². The molecule has 0 saturated carbocycles. The Bertz CT molecular complexity index is 307. The third-order valence-electron chi connectivity index (χ3n) is 3.03. The molecule has 1 aliphatic rings. The number of aryl methyl sites for hydroxylation is 1. The molecular weight excluding hydrogens is 188 g/mol. The highest BCUT2D eigenvalue weighted by Gasteiger charge is 2.14. The van der Waals surface area contributed by atoms with Crippen molar-refractivity contribution in [3.8, 4) is 0 Å². The first-order valence-electron chi connectivity index (χ1n) is 5.69. The molecule has 1 aliphatic heterocycles. The molecule has 4 nitrogen and oxygen atoms in total. The Labute approximate surface area is 91.3 Å². The summed E-state index contributed by atoms with van der Waals surface area (Å²) in [6.45, 7) is 9.92. The lowest BCUT2D eigenvalue weighted by molar-refractivity contribution is 0.200. The van der Waals surface area contributed by atoms with Crippen LogP contribution in [0.25, 0.3) is 0 Å². The third-order valence-corrected chi connectivity index (χ3v) is 3.03. The smallest absolute Gasteiger partial charge is 0.105 e. The molecule has 84 valence electrons. The molecule has 0 amide bonds. The minimum absolute atomic E-state index is 0.627. The number of piperazine rings is 1. The number of aromatic nitrogens is 2. The van der Waals surface area contributed by atoms with Gasteiger partial charge in [0.25, 0.3) is 0 Å². The number of imidazole rings is 1. The summed E-state index contributed by atoms with van der Waals surface area (Å²) in [4.78, 5) is 6.74. The maximum Gasteiger partial charge on any atom is 0.105 e. The molecule has 1 atom stereocenters. The Morgan fingerprint density at radius 3 is 3.07 bits per heavy atom. The standard InChI is InChI=1S/C11H20N4/c1-10-9-14(5-3-12-10)7-8-15-6-4-13-11(15)2/h4,6,10,12H,3,5,7-9H2,1-2H3. The topological polar surface area (TPSA) is 33.1 Å². The Morgan fingerprint density at radius 1 is 1.53 bits per heavy atom. The lowest BCUT2D eigenvalue weighted by atomic mass is 10.2. The first-order chi connectivity index (χ1) is 7.25. The van der Waals surface area contributed by atoms with Gasteiger partial charge < -0.3 is 9.88 Å². The van der Waals surface area contributed by atoms with E-state index in [1.165, 1.54) is 0 Å². The summed E-state index contributed by atoms with van der Waals surface area (Å²) in [5, 5.41) is 3.46. The van der Waals surface area contributed by atoms with Crippen LogP contribution in [0.5, 0.6) is 0 Å². The van der Waals surface area contributed by atoms with Crippen molar-refractivity contribution < 1.29 is 0 Å². The summed E-state index contributed by atoms with van der Waals surface area (Å²) in [5.41, 5.74) is 0. The van der Waals surface area contributed by atoms with E-state index in [9.17, 15) is 0 Å². The van der Waals surface area contributed by atoms with Gasteiger partial charge in [0.2, 0.25) is 0 Å². The number of nitrogens with one attached hydrogen (secondary N) is 1. The zero-order valence-electron chi connectivity index (χ0n) is 9.61. The Kier molecular flexibility index (Phi) is 3.38. The maximum absolute atomic E-state index is 4.23. The van der Waals surface area contributed by atoms with E-state index in [2.05, 4.69) is 39.8 Å². The molecule has 1 N–H and O–H groups in total. The van der Waals surface area contributed by atoms with Gasteiger partial charge in [-0.1, -0.05) is 0 Å². The van der Waals surface area contributed by atoms with E-state index >= 15 is 0 Å². The first kappa shape index (κ1) is 10.6. The lowest BCUT2D eigenvalue weighted by Gasteiger charge is -2.31. The van der Waals surface area contributed by atoms with Crippen molar-refractivity contribution in [1.29, 1.82) is 0 Å². The maximum atomic E-state index is 4.23. The fourth-order valence-electron chi connectivity index (χ4n) is 2.10. The predicted molar refractivity (Wildman–Crippen MR) is 60.9 cm³/mol. The molecule has 4 heteroatoms. The van der Waals surface area contributed by atoms with E-state index in [4.69, 9.17) is 0 Å². The second-order valence-corrected chi connectivity index (χ2v) is 4.32. The summed E-state index contributed by atoms with van der Waals surface area (Å²) in [6.07, 6.45) is 3.93. The molecule has 1 aromatic rings. The van der Waals surface area contributed by atoms with E-state index < -0.39 is 0 Å². The van der Waals surface area contributed by atoms with Crippen molar-refractivity contribution in [1.82, 2.24) is 19.8 Å². The summed E-state index contributed by atoms with van der Waals surface area (Å²) in [5.74, 6) is 1.11. The number of hydrogen-bond donors (Lipinski definition) is 1. The van der Waals surface area contributed by atoms with Gasteiger partial charge in [0.05, 0.1) is 0 Å². The fraction of sp³-hybridized carbons (Fsp3) is 0.727. The van der Waals surface area contributed by atoms with Crippen LogP contribution < -0.4 is 5.32 Å². The molecule has 1 unspecified atom stereocenters. The number of nitrogens with zero attached hydrogens (tertiary/aromatic N) is 3. The van der Waals surface area contributed by atoms with Crippen LogP contribution >= 0.6 is 0 Å². The van der Waals surface area contributed by atoms with Crippen LogP contribution in [-0.4, -0.2) is 46.7 Å². The molecule has 0 bridgehead atoms. The minimum atomic E-state index is 0.627. The SMILES string of the molecule is Cc1nccn1CCN1CCNC(C)C1. The highest BCUT2D eigenvalue weighted by Crippen LogP contribution is 2.01. The monoisotopic (exact) mass is 208 g/mol. The van der Waals surface area contributed by atoms with E-state index in [0.717, 1.165) is 38.5 Å². The Balaban J connectivity index is 1.80. The second-order valence-electron chi connectivity index (χ2n) is 4.32. The molecule has 2 heterocycles. The number of hydrogen-bond acceptors (Lipinski definition) is 3. The van der Waals surface area contributed by atoms with Crippen molar-refractivity contribution in [2.45, 2.75) is 26.4 Å². The largest absolute Gasteiger partial charge is 0.334 e. The molecule has 2 rings (SSSR count). The highest BCUT2D eigenvalue weighted by atomic mass is 15.2. The van der Waals surface area contributed by atoms with E-state index in [1.807, 2.05) is 6.20 Å². The van der Waals surface area contributed by atoms with E-state index in [-0.39, 0.29) is 0 Å². The van der Waals surface area contributed by atoms with Crippen LogP contribution in [0.4, 0.5) is 0 Å². The molecule has 0 radical (unpaired) electrons. The van der Waals surface area contributed by atoms with Gasteiger partial charge in [-0.05, 0) is 13.8 Å². The molecule has 0 aliphatic carbocycles. The molecule has 1 saturated heterocycles. The molecular formula is C11H20N4. The van der Waals surface area contributed by atoms with Crippen molar-refractivity contribution in [3.05, 3.63) is 18.2 Å². The van der Waals surface area contributed by atoms with Crippen LogP contribution in [0.2, 0.25) is 0 Å². The van der Waals surface area contributed by atoms with Gasteiger partial charge in [-0.2, -0.15) is 0 Å². The van der Waals surface area contributed by atoms with Gasteiger partial charge in [-0.3, -0.25) is 4.90 Å². The molecule has 15 heavy (non-hydrogen) atoms. The third kappa shape index (κ3) is 2.79. The first-order valence-corrected chi connectivity index (χ1v) is 5.69. The average Bonchev–Trinajstić information content (AvgIpc) is 2.61. The van der Waals surface area contributed by atoms with E-state index in [0.29, 0.717) is 6.04 Å². The molecule has 0 spiro atoms. The zero-order chi connectivity index (χ0) is 10.7. The zero-order valence-corrected chi connectivity index (χ0v) is 9.61. The van der Waals surface area contributed by atoms with Gasteiger partial charge >= 0.3 is 0 Å². The van der Waals surface area contributed by atoms with Crippen molar-refractivity contribution in [2.75, 3.05) is 26.2 Å². The molecule has 1 aromatic heterocycles. The summed E-state index contributed by atoms with van der Waals surface area (Å²) < 4.78 is 2.21. The van der Waals surface area contributed by atoms with Crippen LogP contribution in [0.3, 0.4) is 0 Å². The predicted octanol–water partition coefficient (Wildman–Crippen LogP) is 0.485. The summed E-state index contributed by atoms with van der Waals surface area (Å²) in [6, 6.07) is 0.627. The molecule has 1 fully saturated rings. The Hall–Kier alpha value is -0.870. The normalized spacial score (nSPS) is 23.2. The van der Waals surface area contributed by atoms with Crippen LogP contribution in [0.1, 0.15) is 12.7 Å². The average molecular weight is 208 g/mol. The van der Waals surface area contributed by atoms with Crippen LogP contribution in [0, 0.1) is 6.92 Å². The Morgan fingerprint density at radius 2 is 2.40 bits per heavy atom. The van der Waals surface area contributed by atoms with Crippen molar-refractivity contribution in [2.24, 2.45) is 0 Å². The minimum Gasteiger partial charge on any atom is -0.334 e. The van der Waals surface area contributed by atoms with Crippen molar-refractivity contribution in [3.63, 3.8) is 0 Å². The number of rotatable bonds is 3. The van der Waals surface area contributed by atoms with Crippen LogP contribution in [-0.2, 0) is 6.54 Å². The van der Waals surface area contributed by atoms with Gasteiger partial charge in [-0.15, -0.1) is 0 Å². The fourth-order valence-corrected chi connectivity index (χ4v) is 2.10. The van der Waals surface area contributed by atoms with Crippen molar-refractivity contribution >= 4 is 0 Å². The van der Waals surface area contributed by atoms with Crippen LogP contribution in [0.15, 0.2) is 12.4 Å². The second kappa shape index (κ2) is 4.77. The van der Waals surface area contributed by atoms with Gasteiger partial charge in [-0.25, -0.2) is 4.98 Å². The van der Waals surface area contributed by atoms with Gasteiger partial charge in [0.15, 0.2) is 0 Å². The lowest BCUT2D eigenvalue weighted by Crippen LogP contribution is -2.49. The molecule has 0 aromatic carbocycles. The quantitative estimate of drug-likeness (QED) is 0.784.